The van der Waals surface area contributed by atoms with Gasteiger partial charge in [0.05, 0.1) is 23.6 Å². The first-order valence-corrected chi connectivity index (χ1v) is 12.3. The number of rotatable bonds is 7. The van der Waals surface area contributed by atoms with Gasteiger partial charge in [-0.05, 0) is 70.8 Å². The fraction of sp³-hybridized carbons (Fsp3) is 0.600. The molecule has 2 aliphatic rings. The van der Waals surface area contributed by atoms with Crippen LogP contribution in [0.1, 0.15) is 50.3 Å². The van der Waals surface area contributed by atoms with Gasteiger partial charge in [-0.15, -0.1) is 0 Å². The van der Waals surface area contributed by atoms with E-state index in [0.717, 1.165) is 43.9 Å². The number of hydrogen-bond donors (Lipinski definition) is 3. The van der Waals surface area contributed by atoms with E-state index in [2.05, 4.69) is 25.5 Å². The highest BCUT2D eigenvalue weighted by atomic mass is 19.4. The zero-order valence-corrected chi connectivity index (χ0v) is 20.6. The molecule has 0 bridgehead atoms. The number of aromatic nitrogens is 2. The number of nitrogens with one attached hydrogen (secondary N) is 2. The number of benzene rings is 1. The van der Waals surface area contributed by atoms with Crippen molar-refractivity contribution in [1.82, 2.24) is 14.9 Å². The summed E-state index contributed by atoms with van der Waals surface area (Å²) in [5.41, 5.74) is 0.674. The third-order valence-corrected chi connectivity index (χ3v) is 7.03. The van der Waals surface area contributed by atoms with Crippen LogP contribution >= 0.6 is 0 Å². The van der Waals surface area contributed by atoms with Crippen molar-refractivity contribution in [3.8, 4) is 0 Å². The average Bonchev–Trinajstić information content (AvgIpc) is 3.31. The summed E-state index contributed by atoms with van der Waals surface area (Å²) in [7, 11) is 3.91. The van der Waals surface area contributed by atoms with Gasteiger partial charge in [0.15, 0.2) is 5.82 Å². The maximum atomic E-state index is 14.0. The molecule has 0 spiro atoms. The van der Waals surface area contributed by atoms with Crippen molar-refractivity contribution in [3.05, 3.63) is 35.7 Å². The van der Waals surface area contributed by atoms with Crippen LogP contribution in [0.15, 0.2) is 24.4 Å². The average molecular weight is 493 g/mol. The van der Waals surface area contributed by atoms with Gasteiger partial charge in [0.25, 0.3) is 0 Å². The van der Waals surface area contributed by atoms with Crippen molar-refractivity contribution >= 4 is 23.0 Å². The Labute approximate surface area is 204 Å². The topological polar surface area (TPSA) is 76.6 Å². The molecule has 192 valence electrons. The molecule has 1 aromatic carbocycles. The predicted octanol–water partition coefficient (Wildman–Crippen LogP) is 4.66. The Balaban J connectivity index is 1.54. The molecule has 0 amide bonds. The van der Waals surface area contributed by atoms with Gasteiger partial charge in [-0.1, -0.05) is 6.92 Å². The first-order chi connectivity index (χ1) is 16.6. The Morgan fingerprint density at radius 2 is 1.89 bits per heavy atom. The Morgan fingerprint density at radius 1 is 1.14 bits per heavy atom. The third kappa shape index (κ3) is 6.16. The number of hydrogen-bond acceptors (Lipinski definition) is 7. The van der Waals surface area contributed by atoms with Crippen LogP contribution in [0.5, 0.6) is 0 Å². The molecule has 1 aliphatic heterocycles. The van der Waals surface area contributed by atoms with Crippen LogP contribution in [0, 0.1) is 0 Å². The number of aryl methyl sites for hydroxylation is 1. The van der Waals surface area contributed by atoms with E-state index in [-0.39, 0.29) is 23.9 Å². The van der Waals surface area contributed by atoms with Gasteiger partial charge in [-0.2, -0.15) is 13.2 Å². The summed E-state index contributed by atoms with van der Waals surface area (Å²) in [5, 5.41) is 16.2. The molecular weight excluding hydrogens is 457 g/mol. The summed E-state index contributed by atoms with van der Waals surface area (Å²) in [6, 6.07) is 4.79. The maximum absolute atomic E-state index is 14.0. The molecule has 4 rings (SSSR count). The number of nitrogens with zero attached hydrogens (tertiary/aromatic N) is 4. The van der Waals surface area contributed by atoms with Gasteiger partial charge in [0.2, 0.25) is 0 Å². The van der Waals surface area contributed by atoms with Crippen molar-refractivity contribution in [2.45, 2.75) is 69.8 Å². The van der Waals surface area contributed by atoms with Crippen LogP contribution in [-0.2, 0) is 12.6 Å². The van der Waals surface area contributed by atoms with E-state index in [1.54, 1.807) is 18.3 Å². The molecule has 3 N–H and O–H groups in total. The molecule has 1 unspecified atom stereocenters. The van der Waals surface area contributed by atoms with Crippen molar-refractivity contribution in [2.75, 3.05) is 42.7 Å². The second kappa shape index (κ2) is 10.6. The van der Waals surface area contributed by atoms with E-state index >= 15 is 0 Å². The van der Waals surface area contributed by atoms with Crippen molar-refractivity contribution in [3.63, 3.8) is 0 Å². The van der Waals surface area contributed by atoms with E-state index in [1.807, 2.05) is 25.9 Å². The molecule has 2 fully saturated rings. The van der Waals surface area contributed by atoms with Gasteiger partial charge >= 0.3 is 6.18 Å². The highest BCUT2D eigenvalue weighted by molar-refractivity contribution is 5.66. The second-order valence-corrected chi connectivity index (χ2v) is 9.76. The third-order valence-electron chi connectivity index (χ3n) is 7.03. The van der Waals surface area contributed by atoms with E-state index in [1.165, 1.54) is 0 Å². The van der Waals surface area contributed by atoms with Crippen LogP contribution in [0.2, 0.25) is 0 Å². The molecule has 1 aliphatic carbocycles. The maximum Gasteiger partial charge on any atom is 0.418 e. The number of aliphatic hydroxyl groups is 1. The summed E-state index contributed by atoms with van der Waals surface area (Å²) in [6.07, 6.45) is 1.50. The standard InChI is InChI=1S/C25H35F3N6O/c1-4-21-24(31-16-5-8-19(35)9-6-16)32-23(14-29-21)30-17-7-10-22(20(13-17)25(26,27)28)34-12-11-18(15-34)33(2)3/h7,10,13-14,16,18-19,35H,4-6,8-9,11-12,15H2,1-3H3,(H2,30,31,32). The molecule has 10 heteroatoms. The highest BCUT2D eigenvalue weighted by Crippen LogP contribution is 2.40. The number of halogens is 3. The lowest BCUT2D eigenvalue weighted by Gasteiger charge is -2.27. The zero-order chi connectivity index (χ0) is 25.2. The predicted molar refractivity (Wildman–Crippen MR) is 132 cm³/mol. The minimum absolute atomic E-state index is 0.191. The molecule has 1 aromatic heterocycles. The minimum Gasteiger partial charge on any atom is -0.393 e. The Morgan fingerprint density at radius 3 is 2.51 bits per heavy atom. The van der Waals surface area contributed by atoms with E-state index in [9.17, 15) is 18.3 Å². The van der Waals surface area contributed by atoms with Gasteiger partial charge in [-0.3, -0.25) is 4.98 Å². The fourth-order valence-corrected chi connectivity index (χ4v) is 4.91. The molecule has 1 saturated heterocycles. The molecular formula is C25H35F3N6O. The van der Waals surface area contributed by atoms with E-state index in [0.29, 0.717) is 36.8 Å². The van der Waals surface area contributed by atoms with Crippen LogP contribution in [-0.4, -0.2) is 65.3 Å². The highest BCUT2D eigenvalue weighted by Gasteiger charge is 2.37. The van der Waals surface area contributed by atoms with Gasteiger partial charge in [-0.25, -0.2) is 4.98 Å². The monoisotopic (exact) mass is 492 g/mol. The number of aliphatic hydroxyl groups excluding tert-OH is 1. The number of alkyl halides is 3. The SMILES string of the molecule is CCc1ncc(Nc2ccc(N3CCC(N(C)C)C3)c(C(F)(F)F)c2)nc1NC1CCC(O)CC1. The number of anilines is 4. The first kappa shape index (κ1) is 25.5. The largest absolute Gasteiger partial charge is 0.418 e. The summed E-state index contributed by atoms with van der Waals surface area (Å²) < 4.78 is 42.0. The van der Waals surface area contributed by atoms with Gasteiger partial charge < -0.3 is 25.5 Å². The lowest BCUT2D eigenvalue weighted by molar-refractivity contribution is -0.137. The lowest BCUT2D eigenvalue weighted by Crippen LogP contribution is -2.32. The summed E-state index contributed by atoms with van der Waals surface area (Å²) in [5.74, 6) is 1.02. The Hall–Kier alpha value is -2.59. The molecule has 7 nitrogen and oxygen atoms in total. The van der Waals surface area contributed by atoms with Crippen molar-refractivity contribution in [2.24, 2.45) is 0 Å². The van der Waals surface area contributed by atoms with Crippen LogP contribution < -0.4 is 15.5 Å². The Kier molecular flexibility index (Phi) is 7.70. The summed E-state index contributed by atoms with van der Waals surface area (Å²) in [6.45, 7) is 3.15. The van der Waals surface area contributed by atoms with Crippen molar-refractivity contribution in [1.29, 1.82) is 0 Å². The van der Waals surface area contributed by atoms with Gasteiger partial charge in [0.1, 0.15) is 5.82 Å². The Bertz CT molecular complexity index is 1010. The first-order valence-electron chi connectivity index (χ1n) is 12.3. The minimum atomic E-state index is -4.47. The fourth-order valence-electron chi connectivity index (χ4n) is 4.91. The van der Waals surface area contributed by atoms with Crippen LogP contribution in [0.25, 0.3) is 0 Å². The van der Waals surface area contributed by atoms with Crippen molar-refractivity contribution < 1.29 is 18.3 Å². The molecule has 1 atom stereocenters. The van der Waals surface area contributed by atoms with Crippen LogP contribution in [0.4, 0.5) is 36.2 Å². The lowest BCUT2D eigenvalue weighted by atomic mass is 9.93. The summed E-state index contributed by atoms with van der Waals surface area (Å²) in [4.78, 5) is 13.0. The quantitative estimate of drug-likeness (QED) is 0.519. The smallest absolute Gasteiger partial charge is 0.393 e. The molecule has 35 heavy (non-hydrogen) atoms. The molecule has 0 radical (unpaired) electrons. The van der Waals surface area contributed by atoms with Gasteiger partial charge in [0, 0.05) is 36.5 Å². The second-order valence-electron chi connectivity index (χ2n) is 9.76. The normalized spacial score (nSPS) is 23.1. The van der Waals surface area contributed by atoms with Crippen LogP contribution in [0.3, 0.4) is 0 Å². The van der Waals surface area contributed by atoms with E-state index < -0.39 is 11.7 Å². The number of likely N-dealkylation sites (N-methyl/N-ethyl adjacent to an activating group) is 1. The molecule has 2 heterocycles. The molecule has 1 saturated carbocycles. The van der Waals surface area contributed by atoms with E-state index in [4.69, 9.17) is 0 Å². The summed E-state index contributed by atoms with van der Waals surface area (Å²) >= 11 is 0. The molecule has 2 aromatic rings. The zero-order valence-electron chi connectivity index (χ0n) is 20.6.